The van der Waals surface area contributed by atoms with Crippen molar-refractivity contribution in [2.75, 3.05) is 0 Å². The number of rotatable bonds is 0. The Bertz CT molecular complexity index is 487. The minimum atomic E-state index is 0.0462. The van der Waals surface area contributed by atoms with Crippen LogP contribution in [0.2, 0.25) is 0 Å². The number of benzene rings is 1. The van der Waals surface area contributed by atoms with Crippen molar-refractivity contribution in [2.45, 2.75) is 18.2 Å². The van der Waals surface area contributed by atoms with E-state index in [2.05, 4.69) is 35.7 Å². The first kappa shape index (κ1) is 9.44. The summed E-state index contributed by atoms with van der Waals surface area (Å²) < 4.78 is 0. The van der Waals surface area contributed by atoms with E-state index in [1.54, 1.807) is 0 Å². The highest BCUT2D eigenvalue weighted by atomic mass is 35.5. The molecule has 76 valence electrons. The molecular weight excluding hydrogens is 224 g/mol. The predicted molar refractivity (Wildman–Crippen MR) is 65.9 cm³/mol. The summed E-state index contributed by atoms with van der Waals surface area (Å²) in [5.41, 5.74) is 4.00. The molecular formula is C13H11ClS. The number of alkyl halides is 1. The van der Waals surface area contributed by atoms with Crippen LogP contribution in [0.1, 0.15) is 26.9 Å². The zero-order valence-electron chi connectivity index (χ0n) is 8.24. The summed E-state index contributed by atoms with van der Waals surface area (Å²) in [4.78, 5) is 1.45. The van der Waals surface area contributed by atoms with E-state index in [-0.39, 0.29) is 5.38 Å². The number of fused-ring (bicyclic) bond motifs is 2. The monoisotopic (exact) mass is 234 g/mol. The second-order valence-electron chi connectivity index (χ2n) is 3.86. The molecule has 15 heavy (non-hydrogen) atoms. The van der Waals surface area contributed by atoms with Gasteiger partial charge in [-0.25, -0.2) is 0 Å². The molecule has 0 bridgehead atoms. The van der Waals surface area contributed by atoms with Gasteiger partial charge in [0.15, 0.2) is 0 Å². The van der Waals surface area contributed by atoms with E-state index in [1.807, 2.05) is 11.3 Å². The van der Waals surface area contributed by atoms with Crippen LogP contribution in [-0.2, 0) is 12.8 Å². The molecule has 1 atom stereocenters. The summed E-state index contributed by atoms with van der Waals surface area (Å²) in [5.74, 6) is 0. The molecule has 0 amide bonds. The highest BCUT2D eigenvalue weighted by molar-refractivity contribution is 7.10. The van der Waals surface area contributed by atoms with Crippen molar-refractivity contribution >= 4 is 22.9 Å². The molecule has 3 rings (SSSR count). The third-order valence-corrected chi connectivity index (χ3v) is 4.47. The molecule has 1 unspecified atom stereocenters. The van der Waals surface area contributed by atoms with Gasteiger partial charge < -0.3 is 0 Å². The van der Waals surface area contributed by atoms with Crippen LogP contribution in [0.5, 0.6) is 0 Å². The molecule has 0 saturated carbocycles. The van der Waals surface area contributed by atoms with Gasteiger partial charge in [-0.2, -0.15) is 0 Å². The van der Waals surface area contributed by atoms with Gasteiger partial charge >= 0.3 is 0 Å². The summed E-state index contributed by atoms with van der Waals surface area (Å²) in [7, 11) is 0. The summed E-state index contributed by atoms with van der Waals surface area (Å²) in [6.07, 6.45) is 2.25. The molecule has 0 N–H and O–H groups in total. The Morgan fingerprint density at radius 2 is 1.93 bits per heavy atom. The normalized spacial score (nSPS) is 19.1. The summed E-state index contributed by atoms with van der Waals surface area (Å²) >= 11 is 8.36. The van der Waals surface area contributed by atoms with E-state index < -0.39 is 0 Å². The molecule has 1 aliphatic rings. The van der Waals surface area contributed by atoms with Crippen molar-refractivity contribution < 1.29 is 0 Å². The first-order chi connectivity index (χ1) is 7.36. The fourth-order valence-electron chi connectivity index (χ4n) is 2.20. The second kappa shape index (κ2) is 3.66. The zero-order valence-corrected chi connectivity index (χ0v) is 9.81. The quantitative estimate of drug-likeness (QED) is 0.600. The minimum absolute atomic E-state index is 0.0462. The summed E-state index contributed by atoms with van der Waals surface area (Å²) in [6, 6.07) is 10.7. The number of hydrogen-bond donors (Lipinski definition) is 0. The molecule has 0 nitrogen and oxygen atoms in total. The number of hydrogen-bond acceptors (Lipinski definition) is 1. The van der Waals surface area contributed by atoms with Gasteiger partial charge in [0, 0.05) is 4.88 Å². The molecule has 1 aliphatic carbocycles. The van der Waals surface area contributed by atoms with Crippen molar-refractivity contribution in [3.63, 3.8) is 0 Å². The lowest BCUT2D eigenvalue weighted by molar-refractivity contribution is 0.984. The van der Waals surface area contributed by atoms with E-state index in [0.717, 1.165) is 12.8 Å². The SMILES string of the molecule is ClC1c2ccccc2CCc2sccc21. The van der Waals surface area contributed by atoms with E-state index in [4.69, 9.17) is 11.6 Å². The van der Waals surface area contributed by atoms with Gasteiger partial charge in [-0.15, -0.1) is 22.9 Å². The third-order valence-electron chi connectivity index (χ3n) is 3.00. The molecule has 1 aromatic carbocycles. The molecule has 0 aliphatic heterocycles. The summed E-state index contributed by atoms with van der Waals surface area (Å²) in [6.45, 7) is 0. The van der Waals surface area contributed by atoms with Crippen LogP contribution in [0.25, 0.3) is 0 Å². The Hall–Kier alpha value is -0.790. The average Bonchev–Trinajstić information content (AvgIpc) is 2.69. The Morgan fingerprint density at radius 3 is 2.87 bits per heavy atom. The highest BCUT2D eigenvalue weighted by Crippen LogP contribution is 2.38. The largest absolute Gasteiger partial charge is 0.149 e. The maximum Gasteiger partial charge on any atom is 0.0848 e. The Labute approximate surface area is 98.5 Å². The first-order valence-corrected chi connectivity index (χ1v) is 6.46. The third kappa shape index (κ3) is 1.51. The first-order valence-electron chi connectivity index (χ1n) is 5.14. The lowest BCUT2D eigenvalue weighted by Gasteiger charge is -2.10. The minimum Gasteiger partial charge on any atom is -0.149 e. The van der Waals surface area contributed by atoms with Crippen LogP contribution in [0, 0.1) is 0 Å². The van der Waals surface area contributed by atoms with E-state index in [0.29, 0.717) is 0 Å². The lowest BCUT2D eigenvalue weighted by Crippen LogP contribution is -1.94. The second-order valence-corrected chi connectivity index (χ2v) is 5.30. The number of thiophene rings is 1. The molecule has 0 fully saturated rings. The highest BCUT2D eigenvalue weighted by Gasteiger charge is 2.21. The molecule has 2 heteroatoms. The van der Waals surface area contributed by atoms with E-state index >= 15 is 0 Å². The van der Waals surface area contributed by atoms with E-state index in [1.165, 1.54) is 21.6 Å². The van der Waals surface area contributed by atoms with Crippen LogP contribution in [0.3, 0.4) is 0 Å². The van der Waals surface area contributed by atoms with Gasteiger partial charge in [0.1, 0.15) is 0 Å². The van der Waals surface area contributed by atoms with Crippen molar-refractivity contribution in [3.05, 3.63) is 57.3 Å². The maximum absolute atomic E-state index is 6.53. The van der Waals surface area contributed by atoms with Crippen molar-refractivity contribution in [2.24, 2.45) is 0 Å². The molecule has 1 heterocycles. The van der Waals surface area contributed by atoms with Crippen LogP contribution in [0.15, 0.2) is 35.7 Å². The Kier molecular flexibility index (Phi) is 2.30. The smallest absolute Gasteiger partial charge is 0.0848 e. The Balaban J connectivity index is 2.18. The summed E-state index contributed by atoms with van der Waals surface area (Å²) in [5, 5.41) is 2.19. The number of halogens is 1. The van der Waals surface area contributed by atoms with Gasteiger partial charge in [-0.05, 0) is 41.0 Å². The van der Waals surface area contributed by atoms with Gasteiger partial charge in [0.2, 0.25) is 0 Å². The average molecular weight is 235 g/mol. The van der Waals surface area contributed by atoms with Crippen molar-refractivity contribution in [3.8, 4) is 0 Å². The molecule has 2 aromatic rings. The van der Waals surface area contributed by atoms with Crippen LogP contribution in [0.4, 0.5) is 0 Å². The molecule has 0 spiro atoms. The van der Waals surface area contributed by atoms with Gasteiger partial charge in [0.05, 0.1) is 5.38 Å². The Morgan fingerprint density at radius 1 is 1.07 bits per heavy atom. The van der Waals surface area contributed by atoms with Gasteiger partial charge in [-0.3, -0.25) is 0 Å². The number of aryl methyl sites for hydroxylation is 2. The van der Waals surface area contributed by atoms with Crippen LogP contribution < -0.4 is 0 Å². The fourth-order valence-corrected chi connectivity index (χ4v) is 3.61. The maximum atomic E-state index is 6.53. The van der Waals surface area contributed by atoms with Crippen molar-refractivity contribution in [1.29, 1.82) is 0 Å². The molecule has 0 saturated heterocycles. The fraction of sp³-hybridized carbons (Fsp3) is 0.231. The standard InChI is InChI=1S/C13H11ClS/c14-13-10-4-2-1-3-9(10)5-6-12-11(13)7-8-15-12/h1-4,7-8,13H,5-6H2. The predicted octanol–water partition coefficient (Wildman–Crippen LogP) is 4.17. The molecule has 1 aromatic heterocycles. The van der Waals surface area contributed by atoms with Gasteiger partial charge in [-0.1, -0.05) is 24.3 Å². The van der Waals surface area contributed by atoms with Crippen LogP contribution in [-0.4, -0.2) is 0 Å². The van der Waals surface area contributed by atoms with Gasteiger partial charge in [0.25, 0.3) is 0 Å². The van der Waals surface area contributed by atoms with Crippen molar-refractivity contribution in [1.82, 2.24) is 0 Å². The topological polar surface area (TPSA) is 0 Å². The zero-order chi connectivity index (χ0) is 10.3. The molecule has 0 radical (unpaired) electrons. The lowest BCUT2D eigenvalue weighted by atomic mass is 10.0. The van der Waals surface area contributed by atoms with Crippen LogP contribution >= 0.6 is 22.9 Å². The van der Waals surface area contributed by atoms with E-state index in [9.17, 15) is 0 Å².